The monoisotopic (exact) mass is 254 g/mol. The molecule has 2 rings (SSSR count). The summed E-state index contributed by atoms with van der Waals surface area (Å²) in [5.41, 5.74) is 1.92. The van der Waals surface area contributed by atoms with E-state index in [4.69, 9.17) is 4.74 Å². The summed E-state index contributed by atoms with van der Waals surface area (Å²) < 4.78 is 5.40. The van der Waals surface area contributed by atoms with Crippen LogP contribution < -0.4 is 4.74 Å². The van der Waals surface area contributed by atoms with E-state index in [1.807, 2.05) is 25.1 Å². The van der Waals surface area contributed by atoms with E-state index in [-0.39, 0.29) is 10.6 Å². The molecule has 0 saturated carbocycles. The molecular formula is C11H11BrO2. The fraction of sp³-hybridized carbons (Fsp3) is 0.364. The molecule has 0 bridgehead atoms. The van der Waals surface area contributed by atoms with Crippen molar-refractivity contribution >= 4 is 21.7 Å². The van der Waals surface area contributed by atoms with Crippen LogP contribution in [-0.4, -0.2) is 17.2 Å². The van der Waals surface area contributed by atoms with Crippen molar-refractivity contribution in [3.63, 3.8) is 0 Å². The SMILES string of the molecule is CC(Br)C(=O)c1ccc2c(c1)OCC2. The van der Waals surface area contributed by atoms with Crippen LogP contribution in [0.5, 0.6) is 5.75 Å². The normalized spacial score (nSPS) is 15.9. The second-order valence-electron chi connectivity index (χ2n) is 3.40. The number of rotatable bonds is 2. The number of alkyl halides is 1. The molecular weight excluding hydrogens is 244 g/mol. The zero-order valence-electron chi connectivity index (χ0n) is 7.92. The van der Waals surface area contributed by atoms with Gasteiger partial charge in [0.1, 0.15) is 5.75 Å². The van der Waals surface area contributed by atoms with E-state index in [0.29, 0.717) is 0 Å². The van der Waals surface area contributed by atoms with Crippen molar-refractivity contribution in [1.82, 2.24) is 0 Å². The highest BCUT2D eigenvalue weighted by Crippen LogP contribution is 2.27. The minimum Gasteiger partial charge on any atom is -0.493 e. The number of hydrogen-bond donors (Lipinski definition) is 0. The molecule has 1 aliphatic rings. The van der Waals surface area contributed by atoms with Gasteiger partial charge in [-0.25, -0.2) is 0 Å². The number of Topliss-reactive ketones (excluding diaryl/α,β-unsaturated/α-hetero) is 1. The molecule has 1 heterocycles. The maximum absolute atomic E-state index is 11.6. The van der Waals surface area contributed by atoms with Crippen LogP contribution in [0.3, 0.4) is 0 Å². The topological polar surface area (TPSA) is 26.3 Å². The predicted octanol–water partition coefficient (Wildman–Crippen LogP) is 2.59. The van der Waals surface area contributed by atoms with E-state index < -0.39 is 0 Å². The fourth-order valence-electron chi connectivity index (χ4n) is 1.55. The van der Waals surface area contributed by atoms with Crippen molar-refractivity contribution in [3.8, 4) is 5.75 Å². The summed E-state index contributed by atoms with van der Waals surface area (Å²) >= 11 is 3.27. The molecule has 1 unspecified atom stereocenters. The third-order valence-corrected chi connectivity index (χ3v) is 2.76. The van der Waals surface area contributed by atoms with E-state index >= 15 is 0 Å². The molecule has 0 N–H and O–H groups in total. The number of benzene rings is 1. The lowest BCUT2D eigenvalue weighted by Gasteiger charge is -2.04. The van der Waals surface area contributed by atoms with Crippen LogP contribution in [0.1, 0.15) is 22.8 Å². The zero-order valence-corrected chi connectivity index (χ0v) is 9.50. The molecule has 0 fully saturated rings. The Morgan fingerprint density at radius 2 is 2.36 bits per heavy atom. The molecule has 0 spiro atoms. The first kappa shape index (κ1) is 9.71. The average Bonchev–Trinajstić information content (AvgIpc) is 2.62. The Balaban J connectivity index is 2.33. The Labute approximate surface area is 91.4 Å². The smallest absolute Gasteiger partial charge is 0.176 e. The van der Waals surface area contributed by atoms with Gasteiger partial charge >= 0.3 is 0 Å². The maximum atomic E-state index is 11.6. The molecule has 74 valence electrons. The standard InChI is InChI=1S/C11H11BrO2/c1-7(12)11(13)9-3-2-8-4-5-14-10(8)6-9/h2-3,6-7H,4-5H2,1H3. The van der Waals surface area contributed by atoms with Crippen LogP contribution in [0.25, 0.3) is 0 Å². The van der Waals surface area contributed by atoms with Gasteiger partial charge in [0.15, 0.2) is 5.78 Å². The van der Waals surface area contributed by atoms with Crippen molar-refractivity contribution in [1.29, 1.82) is 0 Å². The Bertz CT molecular complexity index is 372. The van der Waals surface area contributed by atoms with Crippen LogP contribution in [0, 0.1) is 0 Å². The second kappa shape index (κ2) is 3.73. The van der Waals surface area contributed by atoms with Crippen molar-refractivity contribution < 1.29 is 9.53 Å². The van der Waals surface area contributed by atoms with Gasteiger partial charge in [0.25, 0.3) is 0 Å². The van der Waals surface area contributed by atoms with Crippen molar-refractivity contribution in [3.05, 3.63) is 29.3 Å². The molecule has 1 atom stereocenters. The van der Waals surface area contributed by atoms with Gasteiger partial charge in [0.2, 0.25) is 0 Å². The van der Waals surface area contributed by atoms with Gasteiger partial charge in [-0.15, -0.1) is 0 Å². The molecule has 0 aliphatic carbocycles. The first-order valence-electron chi connectivity index (χ1n) is 4.62. The third-order valence-electron chi connectivity index (χ3n) is 2.34. The highest BCUT2D eigenvalue weighted by atomic mass is 79.9. The zero-order chi connectivity index (χ0) is 10.1. The Morgan fingerprint density at radius 1 is 1.57 bits per heavy atom. The molecule has 14 heavy (non-hydrogen) atoms. The van der Waals surface area contributed by atoms with Gasteiger partial charge in [-0.1, -0.05) is 28.1 Å². The Morgan fingerprint density at radius 3 is 3.07 bits per heavy atom. The largest absolute Gasteiger partial charge is 0.493 e. The fourth-order valence-corrected chi connectivity index (χ4v) is 1.81. The Hall–Kier alpha value is -0.830. The third kappa shape index (κ3) is 1.69. The molecule has 1 aliphatic heterocycles. The van der Waals surface area contributed by atoms with Crippen LogP contribution >= 0.6 is 15.9 Å². The summed E-state index contributed by atoms with van der Waals surface area (Å²) in [5, 5.41) is 0. The average molecular weight is 255 g/mol. The molecule has 1 aromatic carbocycles. The first-order chi connectivity index (χ1) is 6.68. The number of carbonyl (C=O) groups excluding carboxylic acids is 1. The van der Waals surface area contributed by atoms with Crippen LogP contribution in [0.2, 0.25) is 0 Å². The van der Waals surface area contributed by atoms with Gasteiger partial charge in [0, 0.05) is 12.0 Å². The number of halogens is 1. The number of ether oxygens (including phenoxy) is 1. The number of ketones is 1. The molecule has 1 aromatic rings. The lowest BCUT2D eigenvalue weighted by Crippen LogP contribution is -2.09. The number of hydrogen-bond acceptors (Lipinski definition) is 2. The summed E-state index contributed by atoms with van der Waals surface area (Å²) in [4.78, 5) is 11.5. The van der Waals surface area contributed by atoms with Crippen LogP contribution in [-0.2, 0) is 6.42 Å². The molecule has 0 saturated heterocycles. The Kier molecular flexibility index (Phi) is 2.59. The molecule has 0 aromatic heterocycles. The summed E-state index contributed by atoms with van der Waals surface area (Å²) in [6.07, 6.45) is 0.952. The predicted molar refractivity (Wildman–Crippen MR) is 58.4 cm³/mol. The van der Waals surface area contributed by atoms with Crippen molar-refractivity contribution in [2.24, 2.45) is 0 Å². The van der Waals surface area contributed by atoms with Gasteiger partial charge in [-0.3, -0.25) is 4.79 Å². The minimum atomic E-state index is -0.137. The van der Waals surface area contributed by atoms with E-state index in [0.717, 1.165) is 24.3 Å². The minimum absolute atomic E-state index is 0.100. The maximum Gasteiger partial charge on any atom is 0.176 e. The van der Waals surface area contributed by atoms with Crippen LogP contribution in [0.4, 0.5) is 0 Å². The van der Waals surface area contributed by atoms with Gasteiger partial charge in [0.05, 0.1) is 11.4 Å². The van der Waals surface area contributed by atoms with E-state index in [9.17, 15) is 4.79 Å². The number of fused-ring (bicyclic) bond motifs is 1. The lowest BCUT2D eigenvalue weighted by atomic mass is 10.1. The molecule has 3 heteroatoms. The van der Waals surface area contributed by atoms with Crippen molar-refractivity contribution in [2.45, 2.75) is 18.2 Å². The van der Waals surface area contributed by atoms with Gasteiger partial charge < -0.3 is 4.74 Å². The highest BCUT2D eigenvalue weighted by Gasteiger charge is 2.17. The van der Waals surface area contributed by atoms with Gasteiger partial charge in [-0.2, -0.15) is 0 Å². The summed E-state index contributed by atoms with van der Waals surface area (Å²) in [6.45, 7) is 2.56. The summed E-state index contributed by atoms with van der Waals surface area (Å²) in [5.74, 6) is 0.965. The summed E-state index contributed by atoms with van der Waals surface area (Å²) in [7, 11) is 0. The summed E-state index contributed by atoms with van der Waals surface area (Å²) in [6, 6.07) is 5.68. The molecule has 2 nitrogen and oxygen atoms in total. The van der Waals surface area contributed by atoms with E-state index in [1.54, 1.807) is 0 Å². The number of carbonyl (C=O) groups is 1. The molecule has 0 amide bonds. The van der Waals surface area contributed by atoms with E-state index in [2.05, 4.69) is 15.9 Å². The quantitative estimate of drug-likeness (QED) is 0.599. The molecule has 0 radical (unpaired) electrons. The van der Waals surface area contributed by atoms with Gasteiger partial charge in [-0.05, 0) is 18.6 Å². The van der Waals surface area contributed by atoms with Crippen LogP contribution in [0.15, 0.2) is 18.2 Å². The first-order valence-corrected chi connectivity index (χ1v) is 5.54. The van der Waals surface area contributed by atoms with E-state index in [1.165, 1.54) is 5.56 Å². The highest BCUT2D eigenvalue weighted by molar-refractivity contribution is 9.10. The second-order valence-corrected chi connectivity index (χ2v) is 4.77. The van der Waals surface area contributed by atoms with Crippen molar-refractivity contribution in [2.75, 3.05) is 6.61 Å². The lowest BCUT2D eigenvalue weighted by molar-refractivity contribution is 0.0995.